The van der Waals surface area contributed by atoms with Crippen LogP contribution in [0.4, 0.5) is 4.48 Å². The first kappa shape index (κ1) is 4.37. The van der Waals surface area contributed by atoms with Crippen molar-refractivity contribution < 1.29 is 4.48 Å². The Morgan fingerprint density at radius 2 is 2.43 bits per heavy atom. The summed E-state index contributed by atoms with van der Waals surface area (Å²) in [7, 11) is 0. The highest BCUT2D eigenvalue weighted by Gasteiger charge is 1.86. The van der Waals surface area contributed by atoms with Crippen molar-refractivity contribution in [2.75, 3.05) is 0 Å². The van der Waals surface area contributed by atoms with Crippen LogP contribution < -0.4 is 0 Å². The van der Waals surface area contributed by atoms with Gasteiger partial charge in [0.25, 0.3) is 0 Å². The molecule has 1 aromatic rings. The molecule has 0 unspecified atom stereocenters. The third-order valence-electron chi connectivity index (χ3n) is 0.891. The lowest BCUT2D eigenvalue weighted by molar-refractivity contribution is 0.361. The van der Waals surface area contributed by atoms with E-state index in [1.54, 1.807) is 19.1 Å². The normalized spacial score (nSPS) is 9.43. The van der Waals surface area contributed by atoms with Crippen LogP contribution in [0.5, 0.6) is 0 Å². The predicted molar refractivity (Wildman–Crippen MR) is 25.7 cm³/mol. The molecule has 0 fully saturated rings. The molecule has 0 radical (unpaired) electrons. The average Bonchev–Trinajstić information content (AvgIpc) is 1.91. The van der Waals surface area contributed by atoms with Gasteiger partial charge in [0.1, 0.15) is 0 Å². The van der Waals surface area contributed by atoms with Gasteiger partial charge in [0.15, 0.2) is 0 Å². The van der Waals surface area contributed by atoms with Gasteiger partial charge in [0.05, 0.1) is 0 Å². The van der Waals surface area contributed by atoms with E-state index in [1.807, 2.05) is 0 Å². The van der Waals surface area contributed by atoms with Gasteiger partial charge >= 0.3 is 0 Å². The second-order valence-corrected chi connectivity index (χ2v) is 1.46. The molecule has 0 aliphatic heterocycles. The van der Waals surface area contributed by atoms with Crippen molar-refractivity contribution in [3.63, 3.8) is 0 Å². The van der Waals surface area contributed by atoms with Crippen molar-refractivity contribution in [1.29, 1.82) is 0 Å². The number of rotatable bonds is 0. The van der Waals surface area contributed by atoms with Crippen molar-refractivity contribution in [3.8, 4) is 0 Å². The minimum Gasteiger partial charge on any atom is -0.191 e. The Balaban J connectivity index is 3.12. The quantitative estimate of drug-likeness (QED) is 0.464. The second-order valence-electron chi connectivity index (χ2n) is 1.46. The lowest BCUT2D eigenvalue weighted by atomic mass is 10.5. The highest BCUT2D eigenvalue weighted by atomic mass is 19.2. The molecular formula is C5H6FN. The Kier molecular flexibility index (Phi) is 0.855. The van der Waals surface area contributed by atoms with Crippen LogP contribution in [-0.2, 0) is 0 Å². The molecule has 0 aromatic carbocycles. The number of hydrogen-bond donors (Lipinski definition) is 0. The first-order valence-electron chi connectivity index (χ1n) is 2.11. The summed E-state index contributed by atoms with van der Waals surface area (Å²) in [6.45, 7) is 1.71. The molecule has 1 aromatic heterocycles. The molecule has 0 atom stereocenters. The van der Waals surface area contributed by atoms with E-state index in [2.05, 4.69) is 0 Å². The first-order valence-corrected chi connectivity index (χ1v) is 2.11. The molecule has 38 valence electrons. The highest BCUT2D eigenvalue weighted by molar-refractivity contribution is 5.01. The van der Waals surface area contributed by atoms with Gasteiger partial charge in [-0.15, -0.1) is 0 Å². The number of hydrogen-bond acceptors (Lipinski definition) is 0. The van der Waals surface area contributed by atoms with E-state index in [-0.39, 0.29) is 0 Å². The van der Waals surface area contributed by atoms with Crippen LogP contribution in [0.3, 0.4) is 0 Å². The van der Waals surface area contributed by atoms with Gasteiger partial charge in [-0.1, -0.05) is 4.48 Å². The maximum absolute atomic E-state index is 12.0. The topological polar surface area (TPSA) is 4.93 Å². The molecule has 0 saturated carbocycles. The summed E-state index contributed by atoms with van der Waals surface area (Å²) in [6.07, 6.45) is 1.37. The molecule has 1 heterocycles. The van der Waals surface area contributed by atoms with Crippen LogP contribution in [0.15, 0.2) is 18.3 Å². The zero-order valence-corrected chi connectivity index (χ0v) is 4.06. The lowest BCUT2D eigenvalue weighted by Gasteiger charge is -1.83. The van der Waals surface area contributed by atoms with Crippen LogP contribution >= 0.6 is 0 Å². The summed E-state index contributed by atoms with van der Waals surface area (Å²) < 4.78 is 12.0. The Morgan fingerprint density at radius 3 is 2.57 bits per heavy atom. The van der Waals surface area contributed by atoms with Crippen molar-refractivity contribution in [2.24, 2.45) is 0 Å². The number of nitrogens with zero attached hydrogens (tertiary/aromatic N) is 1. The summed E-state index contributed by atoms with van der Waals surface area (Å²) >= 11 is 0. The fraction of sp³-hybridized carbons (Fsp3) is 0.200. The smallest absolute Gasteiger partial charge is 0.0483 e. The fourth-order valence-corrected chi connectivity index (χ4v) is 0.447. The van der Waals surface area contributed by atoms with Gasteiger partial charge in [0, 0.05) is 11.9 Å². The third kappa shape index (κ3) is 0.633. The van der Waals surface area contributed by atoms with Gasteiger partial charge in [-0.3, -0.25) is 0 Å². The molecular weight excluding hydrogens is 93.1 g/mol. The van der Waals surface area contributed by atoms with Gasteiger partial charge in [-0.2, -0.15) is 4.79 Å². The Bertz CT molecular complexity index is 140. The minimum atomic E-state index is 0.583. The SMILES string of the molecule is Cc1cccn1F. The van der Waals surface area contributed by atoms with Crippen molar-refractivity contribution in [2.45, 2.75) is 6.92 Å². The lowest BCUT2D eigenvalue weighted by Crippen LogP contribution is -1.77. The molecule has 0 N–H and O–H groups in total. The molecule has 0 spiro atoms. The molecule has 1 rings (SSSR count). The van der Waals surface area contributed by atoms with Crippen molar-refractivity contribution >= 4 is 0 Å². The molecule has 7 heavy (non-hydrogen) atoms. The zero-order chi connectivity index (χ0) is 5.28. The maximum atomic E-state index is 12.0. The molecule has 0 bridgehead atoms. The second kappa shape index (κ2) is 1.37. The van der Waals surface area contributed by atoms with E-state index in [0.29, 0.717) is 10.5 Å². The van der Waals surface area contributed by atoms with Crippen LogP contribution in [0.1, 0.15) is 5.69 Å². The van der Waals surface area contributed by atoms with E-state index in [0.717, 1.165) is 0 Å². The third-order valence-corrected chi connectivity index (χ3v) is 0.891. The first-order chi connectivity index (χ1) is 3.30. The Hall–Kier alpha value is -0.790. The van der Waals surface area contributed by atoms with Gasteiger partial charge < -0.3 is 0 Å². The van der Waals surface area contributed by atoms with Crippen LogP contribution in [0, 0.1) is 6.92 Å². The molecule has 1 nitrogen and oxygen atoms in total. The summed E-state index contributed by atoms with van der Waals surface area (Å²) in [5, 5.41) is 0. The van der Waals surface area contributed by atoms with Crippen LogP contribution in [0.25, 0.3) is 0 Å². The summed E-state index contributed by atoms with van der Waals surface area (Å²) in [5.74, 6) is 0. The van der Waals surface area contributed by atoms with Crippen molar-refractivity contribution in [3.05, 3.63) is 24.0 Å². The average molecular weight is 99.1 g/mol. The monoisotopic (exact) mass is 99.0 g/mol. The zero-order valence-electron chi connectivity index (χ0n) is 4.06. The van der Waals surface area contributed by atoms with Crippen molar-refractivity contribution in [1.82, 2.24) is 4.79 Å². The van der Waals surface area contributed by atoms with E-state index >= 15 is 0 Å². The number of halogens is 1. The Morgan fingerprint density at radius 1 is 1.71 bits per heavy atom. The van der Waals surface area contributed by atoms with E-state index in [9.17, 15) is 4.48 Å². The summed E-state index contributed by atoms with van der Waals surface area (Å²) in [4.78, 5) is 0.583. The molecule has 0 amide bonds. The van der Waals surface area contributed by atoms with Crippen LogP contribution in [-0.4, -0.2) is 4.79 Å². The largest absolute Gasteiger partial charge is 0.191 e. The van der Waals surface area contributed by atoms with Gasteiger partial charge in [0.2, 0.25) is 0 Å². The predicted octanol–water partition coefficient (Wildman–Crippen LogP) is 1.53. The Labute approximate surface area is 41.3 Å². The maximum Gasteiger partial charge on any atom is 0.0483 e. The summed E-state index contributed by atoms with van der Waals surface area (Å²) in [6, 6.07) is 3.37. The molecule has 0 aliphatic carbocycles. The highest BCUT2D eigenvalue weighted by Crippen LogP contribution is 1.96. The van der Waals surface area contributed by atoms with Gasteiger partial charge in [-0.05, 0) is 19.1 Å². The standard InChI is InChI=1S/C5H6FN/c1-5-3-2-4-7(5)6/h2-4H,1H3. The van der Waals surface area contributed by atoms with E-state index in [1.165, 1.54) is 6.20 Å². The van der Waals surface area contributed by atoms with Gasteiger partial charge in [-0.25, -0.2) is 0 Å². The number of aryl methyl sites for hydroxylation is 1. The van der Waals surface area contributed by atoms with E-state index in [4.69, 9.17) is 0 Å². The molecule has 0 aliphatic rings. The fourth-order valence-electron chi connectivity index (χ4n) is 0.447. The molecule has 0 saturated heterocycles. The van der Waals surface area contributed by atoms with E-state index < -0.39 is 0 Å². The minimum absolute atomic E-state index is 0.583. The number of aromatic nitrogens is 1. The van der Waals surface area contributed by atoms with Crippen LogP contribution in [0.2, 0.25) is 0 Å². The molecule has 2 heteroatoms. The summed E-state index contributed by atoms with van der Waals surface area (Å²) in [5.41, 5.74) is 0.639.